The van der Waals surface area contributed by atoms with Gasteiger partial charge in [0, 0.05) is 25.7 Å². The highest BCUT2D eigenvalue weighted by molar-refractivity contribution is 6.15. The van der Waals surface area contributed by atoms with Crippen LogP contribution in [0.1, 0.15) is 61.8 Å². The van der Waals surface area contributed by atoms with Gasteiger partial charge in [0.1, 0.15) is 0 Å². The zero-order valence-corrected chi connectivity index (χ0v) is 15.6. The lowest BCUT2D eigenvalue weighted by molar-refractivity contribution is 0.106. The minimum atomic E-state index is -0.801. The molecule has 5 heteroatoms. The molecule has 2 rings (SSSR count). The van der Waals surface area contributed by atoms with Gasteiger partial charge in [0.15, 0.2) is 0 Å². The van der Waals surface area contributed by atoms with Crippen LogP contribution in [0.5, 0.6) is 0 Å². The third kappa shape index (κ3) is 4.54. The van der Waals surface area contributed by atoms with Gasteiger partial charge >= 0.3 is 6.09 Å². The highest BCUT2D eigenvalue weighted by Gasteiger charge is 2.30. The maximum atomic E-state index is 11.5. The van der Waals surface area contributed by atoms with Crippen LogP contribution in [0.2, 0.25) is 0 Å². The first kappa shape index (κ1) is 19.6. The average Bonchev–Trinajstić information content (AvgIpc) is 2.56. The number of hydrogen-bond donors (Lipinski definition) is 2. The lowest BCUT2D eigenvalue weighted by Crippen LogP contribution is -2.38. The second-order valence-electron chi connectivity index (χ2n) is 6.19. The van der Waals surface area contributed by atoms with Crippen LogP contribution in [0.25, 0.3) is 0 Å². The van der Waals surface area contributed by atoms with Gasteiger partial charge in [-0.15, -0.1) is 11.6 Å². The van der Waals surface area contributed by atoms with E-state index in [1.54, 1.807) is 4.90 Å². The van der Waals surface area contributed by atoms with E-state index in [0.29, 0.717) is 12.5 Å². The Bertz CT molecular complexity index is 532. The highest BCUT2D eigenvalue weighted by atomic mass is 35.5. The van der Waals surface area contributed by atoms with Gasteiger partial charge in [0.05, 0.1) is 6.04 Å². The SMILES string of the molecule is CCl.CNc1cc(C(C)C)c(C2CCCCN2C(=O)O)cc1C. The maximum Gasteiger partial charge on any atom is 0.407 e. The van der Waals surface area contributed by atoms with Crippen molar-refractivity contribution in [3.63, 3.8) is 0 Å². The molecule has 0 spiro atoms. The molecule has 1 aliphatic rings. The summed E-state index contributed by atoms with van der Waals surface area (Å²) in [7, 11) is 1.93. The number of benzene rings is 1. The molecular weight excluding hydrogens is 312 g/mol. The third-order valence-electron chi connectivity index (χ3n) is 4.43. The molecule has 1 fully saturated rings. The first-order chi connectivity index (χ1) is 11.0. The molecule has 0 radical (unpaired) electrons. The van der Waals surface area contributed by atoms with Crippen LogP contribution >= 0.6 is 11.6 Å². The molecule has 130 valence electrons. The topological polar surface area (TPSA) is 52.6 Å². The normalized spacial score (nSPS) is 17.5. The Morgan fingerprint density at radius 3 is 2.52 bits per heavy atom. The van der Waals surface area contributed by atoms with Crippen molar-refractivity contribution in [1.82, 2.24) is 4.90 Å². The van der Waals surface area contributed by atoms with E-state index < -0.39 is 6.09 Å². The second-order valence-corrected chi connectivity index (χ2v) is 6.19. The van der Waals surface area contributed by atoms with Crippen LogP contribution in [-0.4, -0.2) is 36.1 Å². The molecule has 2 N–H and O–H groups in total. The minimum Gasteiger partial charge on any atom is -0.465 e. The van der Waals surface area contributed by atoms with Crippen LogP contribution in [-0.2, 0) is 0 Å². The van der Waals surface area contributed by atoms with E-state index in [0.717, 1.165) is 24.9 Å². The largest absolute Gasteiger partial charge is 0.465 e. The number of halogens is 1. The van der Waals surface area contributed by atoms with E-state index in [9.17, 15) is 9.90 Å². The standard InChI is InChI=1S/C17H26N2O2.CH3Cl/c1-11(2)13-10-15(18-4)12(3)9-14(13)16-7-5-6-8-19(16)17(20)21;1-2/h9-11,16,18H,5-8H2,1-4H3,(H,20,21);1H3. The number of nitrogens with one attached hydrogen (secondary N) is 1. The van der Waals surface area contributed by atoms with Crippen LogP contribution in [0.3, 0.4) is 0 Å². The number of aryl methyl sites for hydroxylation is 1. The van der Waals surface area contributed by atoms with E-state index in [1.807, 2.05) is 7.05 Å². The highest BCUT2D eigenvalue weighted by Crippen LogP contribution is 2.37. The zero-order chi connectivity index (χ0) is 17.6. The fourth-order valence-electron chi connectivity index (χ4n) is 3.29. The Morgan fingerprint density at radius 2 is 2.00 bits per heavy atom. The smallest absolute Gasteiger partial charge is 0.407 e. The number of amides is 1. The monoisotopic (exact) mass is 340 g/mol. The van der Waals surface area contributed by atoms with Crippen LogP contribution in [0.15, 0.2) is 12.1 Å². The summed E-state index contributed by atoms with van der Waals surface area (Å²) in [6, 6.07) is 4.36. The fourth-order valence-corrected chi connectivity index (χ4v) is 3.29. The molecular formula is C18H29ClN2O2. The predicted molar refractivity (Wildman–Crippen MR) is 97.9 cm³/mol. The summed E-state index contributed by atoms with van der Waals surface area (Å²) >= 11 is 4.64. The molecule has 4 nitrogen and oxygen atoms in total. The van der Waals surface area contributed by atoms with Gasteiger partial charge in [0.2, 0.25) is 0 Å². The van der Waals surface area contributed by atoms with E-state index in [2.05, 4.69) is 49.8 Å². The van der Waals surface area contributed by atoms with Gasteiger partial charge in [-0.05, 0) is 54.9 Å². The van der Waals surface area contributed by atoms with Crippen LogP contribution in [0.4, 0.5) is 10.5 Å². The summed E-state index contributed by atoms with van der Waals surface area (Å²) in [6.45, 7) is 7.06. The molecule has 1 aliphatic heterocycles. The summed E-state index contributed by atoms with van der Waals surface area (Å²) < 4.78 is 0. The molecule has 1 atom stereocenters. The Hall–Kier alpha value is -1.42. The third-order valence-corrected chi connectivity index (χ3v) is 4.43. The van der Waals surface area contributed by atoms with E-state index in [-0.39, 0.29) is 6.04 Å². The quantitative estimate of drug-likeness (QED) is 0.741. The van der Waals surface area contributed by atoms with Crippen molar-refractivity contribution in [3.05, 3.63) is 28.8 Å². The van der Waals surface area contributed by atoms with Gasteiger partial charge in [-0.1, -0.05) is 19.9 Å². The molecule has 1 amide bonds. The van der Waals surface area contributed by atoms with Gasteiger partial charge < -0.3 is 15.3 Å². The van der Waals surface area contributed by atoms with Gasteiger partial charge in [0.25, 0.3) is 0 Å². The van der Waals surface area contributed by atoms with Crippen molar-refractivity contribution in [3.8, 4) is 0 Å². The Labute approximate surface area is 144 Å². The Kier molecular flexibility index (Phi) is 7.69. The number of rotatable bonds is 3. The molecule has 0 bridgehead atoms. The molecule has 1 aromatic rings. The Balaban J connectivity index is 0.00000127. The fraction of sp³-hybridized carbons (Fsp3) is 0.611. The summed E-state index contributed by atoms with van der Waals surface area (Å²) in [4.78, 5) is 13.2. The molecule has 0 aliphatic carbocycles. The first-order valence-corrected chi connectivity index (χ1v) is 8.90. The zero-order valence-electron chi connectivity index (χ0n) is 14.8. The predicted octanol–water partition coefficient (Wildman–Crippen LogP) is 5.22. The number of carboxylic acid groups (broad SMARTS) is 1. The second kappa shape index (κ2) is 9.02. The maximum absolute atomic E-state index is 11.5. The number of alkyl halides is 1. The number of carbonyl (C=O) groups is 1. The van der Waals surface area contributed by atoms with E-state index >= 15 is 0 Å². The molecule has 1 unspecified atom stereocenters. The molecule has 1 aromatic carbocycles. The van der Waals surface area contributed by atoms with E-state index in [4.69, 9.17) is 0 Å². The molecule has 0 aromatic heterocycles. The van der Waals surface area contributed by atoms with Crippen LogP contribution < -0.4 is 5.32 Å². The van der Waals surface area contributed by atoms with Gasteiger partial charge in [-0.3, -0.25) is 0 Å². The van der Waals surface area contributed by atoms with E-state index in [1.165, 1.54) is 23.1 Å². The molecule has 1 saturated heterocycles. The van der Waals surface area contributed by atoms with Crippen LogP contribution in [0, 0.1) is 6.92 Å². The lowest BCUT2D eigenvalue weighted by Gasteiger charge is -2.36. The first-order valence-electron chi connectivity index (χ1n) is 8.15. The van der Waals surface area contributed by atoms with Crippen molar-refractivity contribution >= 4 is 23.4 Å². The molecule has 23 heavy (non-hydrogen) atoms. The van der Waals surface area contributed by atoms with Crippen molar-refractivity contribution in [2.75, 3.05) is 25.3 Å². The summed E-state index contributed by atoms with van der Waals surface area (Å²) in [6.07, 6.45) is 3.65. The minimum absolute atomic E-state index is 0.00161. The number of likely N-dealkylation sites (tertiary alicyclic amines) is 1. The average molecular weight is 341 g/mol. The van der Waals surface area contributed by atoms with Crippen molar-refractivity contribution in [2.45, 2.75) is 52.0 Å². The molecule has 1 heterocycles. The van der Waals surface area contributed by atoms with Crippen molar-refractivity contribution in [2.24, 2.45) is 0 Å². The Morgan fingerprint density at radius 1 is 1.35 bits per heavy atom. The number of nitrogens with zero attached hydrogens (tertiary/aromatic N) is 1. The van der Waals surface area contributed by atoms with Crippen molar-refractivity contribution < 1.29 is 9.90 Å². The summed E-state index contributed by atoms with van der Waals surface area (Å²) in [5, 5.41) is 12.7. The lowest BCUT2D eigenvalue weighted by atomic mass is 9.86. The van der Waals surface area contributed by atoms with Gasteiger partial charge in [-0.25, -0.2) is 4.79 Å². The summed E-state index contributed by atoms with van der Waals surface area (Å²) in [5.74, 6) is 0.380. The number of piperidine rings is 1. The number of anilines is 1. The summed E-state index contributed by atoms with van der Waals surface area (Å²) in [5.41, 5.74) is 4.74. The molecule has 0 saturated carbocycles. The van der Waals surface area contributed by atoms with Crippen molar-refractivity contribution in [1.29, 1.82) is 0 Å². The van der Waals surface area contributed by atoms with Gasteiger partial charge in [-0.2, -0.15) is 0 Å². The number of hydrogen-bond acceptors (Lipinski definition) is 2.